The second-order valence-electron chi connectivity index (χ2n) is 5.43. The predicted molar refractivity (Wildman–Crippen MR) is 102 cm³/mol. The summed E-state index contributed by atoms with van der Waals surface area (Å²) >= 11 is 1.52. The molecule has 0 unspecified atom stereocenters. The summed E-state index contributed by atoms with van der Waals surface area (Å²) in [5.74, 6) is 0.364. The van der Waals surface area contributed by atoms with Crippen LogP contribution in [0.3, 0.4) is 0 Å². The third kappa shape index (κ3) is 3.57. The molecule has 8 nitrogen and oxygen atoms in total. The van der Waals surface area contributed by atoms with Gasteiger partial charge in [0, 0.05) is 4.88 Å². The number of aromatic nitrogens is 3. The molecule has 0 fully saturated rings. The third-order valence-electron chi connectivity index (χ3n) is 3.72. The van der Waals surface area contributed by atoms with Gasteiger partial charge in [-0.15, -0.1) is 11.3 Å². The number of nitrogen functional groups attached to an aromatic ring is 1. The zero-order valence-electron chi connectivity index (χ0n) is 14.5. The minimum absolute atomic E-state index is 0.317. The van der Waals surface area contributed by atoms with Crippen LogP contribution in [-0.2, 0) is 4.74 Å². The van der Waals surface area contributed by atoms with E-state index in [1.807, 2.05) is 13.8 Å². The largest absolute Gasteiger partial charge is 0.465 e. The molecule has 0 atom stereocenters. The number of carbonyl (C=O) groups excluding carboxylic acids is 1. The summed E-state index contributed by atoms with van der Waals surface area (Å²) in [5, 5.41) is 6.87. The van der Waals surface area contributed by atoms with Crippen molar-refractivity contribution in [1.82, 2.24) is 15.0 Å². The minimum atomic E-state index is -0.451. The Kier molecular flexibility index (Phi) is 4.99. The molecular formula is C17H18N6O2S. The molecule has 0 bridgehead atoms. The smallest absolute Gasteiger partial charge is 0.339 e. The highest BCUT2D eigenvalue weighted by Gasteiger charge is 2.15. The van der Waals surface area contributed by atoms with E-state index in [-0.39, 0.29) is 0 Å². The molecule has 0 saturated heterocycles. The van der Waals surface area contributed by atoms with Crippen LogP contribution in [0.25, 0.3) is 0 Å². The van der Waals surface area contributed by atoms with Crippen molar-refractivity contribution in [3.63, 3.8) is 0 Å². The number of thiazole rings is 1. The Balaban J connectivity index is 1.89. The molecule has 4 N–H and O–H groups in total. The fraction of sp³-hybridized carbons (Fsp3) is 0.176. The van der Waals surface area contributed by atoms with Crippen LogP contribution in [0.15, 0.2) is 30.6 Å². The predicted octanol–water partition coefficient (Wildman–Crippen LogP) is 3.41. The Hall–Kier alpha value is -3.20. The molecule has 0 saturated carbocycles. The van der Waals surface area contributed by atoms with E-state index in [2.05, 4.69) is 25.6 Å². The lowest BCUT2D eigenvalue weighted by Gasteiger charge is -2.13. The van der Waals surface area contributed by atoms with Crippen molar-refractivity contribution < 1.29 is 9.53 Å². The van der Waals surface area contributed by atoms with Crippen LogP contribution in [0, 0.1) is 13.8 Å². The number of anilines is 5. The molecule has 9 heteroatoms. The first-order valence-electron chi connectivity index (χ1n) is 7.75. The lowest BCUT2D eigenvalue weighted by molar-refractivity contribution is 0.0602. The van der Waals surface area contributed by atoms with Crippen LogP contribution in [0.1, 0.15) is 20.9 Å². The Labute approximate surface area is 154 Å². The van der Waals surface area contributed by atoms with Gasteiger partial charge in [0.1, 0.15) is 12.0 Å². The van der Waals surface area contributed by atoms with Crippen molar-refractivity contribution in [2.45, 2.75) is 13.8 Å². The molecule has 0 aliphatic carbocycles. The van der Waals surface area contributed by atoms with E-state index in [0.717, 1.165) is 10.6 Å². The third-order valence-corrected chi connectivity index (χ3v) is 4.71. The van der Waals surface area contributed by atoms with Gasteiger partial charge in [0.2, 0.25) is 0 Å². The topological polar surface area (TPSA) is 115 Å². The van der Waals surface area contributed by atoms with Crippen molar-refractivity contribution in [3.05, 3.63) is 46.7 Å². The van der Waals surface area contributed by atoms with Crippen LogP contribution in [0.5, 0.6) is 0 Å². The number of aryl methyl sites for hydroxylation is 2. The summed E-state index contributed by atoms with van der Waals surface area (Å²) in [6.45, 7) is 3.94. The highest BCUT2D eigenvalue weighted by atomic mass is 32.1. The van der Waals surface area contributed by atoms with E-state index in [4.69, 9.17) is 10.5 Å². The normalized spacial score (nSPS) is 10.4. The number of esters is 1. The van der Waals surface area contributed by atoms with Crippen LogP contribution in [0.2, 0.25) is 0 Å². The van der Waals surface area contributed by atoms with Crippen LogP contribution in [0.4, 0.5) is 28.1 Å². The molecule has 134 valence electrons. The molecule has 3 aromatic rings. The first-order chi connectivity index (χ1) is 12.5. The maximum Gasteiger partial charge on any atom is 0.339 e. The Bertz CT molecular complexity index is 937. The second-order valence-corrected chi connectivity index (χ2v) is 6.64. The zero-order chi connectivity index (χ0) is 18.7. The maximum absolute atomic E-state index is 11.9. The fourth-order valence-electron chi connectivity index (χ4n) is 2.23. The summed E-state index contributed by atoms with van der Waals surface area (Å²) < 4.78 is 4.80. The van der Waals surface area contributed by atoms with E-state index >= 15 is 0 Å². The number of nitrogens with two attached hydrogens (primary N) is 1. The van der Waals surface area contributed by atoms with E-state index in [1.165, 1.54) is 24.8 Å². The number of ether oxygens (including phenoxy) is 1. The number of nitrogens with one attached hydrogen (secondary N) is 2. The van der Waals surface area contributed by atoms with E-state index < -0.39 is 5.97 Å². The molecule has 0 aliphatic heterocycles. The van der Waals surface area contributed by atoms with Crippen LogP contribution >= 0.6 is 11.3 Å². The van der Waals surface area contributed by atoms with E-state index in [1.54, 1.807) is 24.3 Å². The minimum Gasteiger partial charge on any atom is -0.465 e. The number of carbonyl (C=O) groups is 1. The van der Waals surface area contributed by atoms with Crippen molar-refractivity contribution in [2.24, 2.45) is 0 Å². The van der Waals surface area contributed by atoms with Crippen molar-refractivity contribution >= 4 is 45.4 Å². The highest BCUT2D eigenvalue weighted by molar-refractivity contribution is 7.15. The number of methoxy groups -OCH3 is 1. The van der Waals surface area contributed by atoms with Gasteiger partial charge in [0.25, 0.3) is 0 Å². The van der Waals surface area contributed by atoms with Gasteiger partial charge in [-0.05, 0) is 26.0 Å². The van der Waals surface area contributed by atoms with Crippen molar-refractivity contribution in [3.8, 4) is 0 Å². The maximum atomic E-state index is 11.9. The molecule has 0 aliphatic rings. The number of rotatable bonds is 5. The molecule has 0 spiro atoms. The van der Waals surface area contributed by atoms with Gasteiger partial charge in [-0.1, -0.05) is 12.1 Å². The summed E-state index contributed by atoms with van der Waals surface area (Å²) in [6, 6.07) is 6.95. The standard InChI is InChI=1S/C17H18N6O2S/c1-9-10(2)26-17(21-9)23-15-13(18)14(19-8-20-15)22-12-7-5-4-6-11(12)16(24)25-3/h4-8H,18H2,1-3H3,(H2,19,20,21,22,23). The van der Waals surface area contributed by atoms with Gasteiger partial charge in [0.05, 0.1) is 24.1 Å². The molecule has 1 aromatic carbocycles. The average molecular weight is 370 g/mol. The van der Waals surface area contributed by atoms with Gasteiger partial charge < -0.3 is 21.1 Å². The average Bonchev–Trinajstić information content (AvgIpc) is 2.95. The Morgan fingerprint density at radius 3 is 2.50 bits per heavy atom. The number of hydrogen-bond donors (Lipinski definition) is 3. The molecule has 2 heterocycles. The molecule has 26 heavy (non-hydrogen) atoms. The lowest BCUT2D eigenvalue weighted by Crippen LogP contribution is -2.09. The zero-order valence-corrected chi connectivity index (χ0v) is 15.3. The molecule has 0 radical (unpaired) electrons. The van der Waals surface area contributed by atoms with Crippen LogP contribution < -0.4 is 16.4 Å². The molecule has 2 aromatic heterocycles. The first-order valence-corrected chi connectivity index (χ1v) is 8.57. The van der Waals surface area contributed by atoms with Crippen molar-refractivity contribution in [1.29, 1.82) is 0 Å². The summed E-state index contributed by atoms with van der Waals surface area (Å²) in [6.07, 6.45) is 1.38. The van der Waals surface area contributed by atoms with E-state index in [0.29, 0.717) is 33.7 Å². The number of nitrogens with zero attached hydrogens (tertiary/aromatic N) is 3. The summed E-state index contributed by atoms with van der Waals surface area (Å²) in [5.41, 5.74) is 8.39. The Morgan fingerprint density at radius 1 is 1.15 bits per heavy atom. The van der Waals surface area contributed by atoms with Crippen LogP contribution in [-0.4, -0.2) is 28.0 Å². The molecule has 3 rings (SSSR count). The SMILES string of the molecule is COC(=O)c1ccccc1Nc1ncnc(Nc2nc(C)c(C)s2)c1N. The first kappa shape index (κ1) is 17.6. The van der Waals surface area contributed by atoms with Crippen molar-refractivity contribution in [2.75, 3.05) is 23.5 Å². The number of para-hydroxylation sites is 1. The fourth-order valence-corrected chi connectivity index (χ4v) is 3.04. The Morgan fingerprint density at radius 2 is 1.85 bits per heavy atom. The molecule has 0 amide bonds. The highest BCUT2D eigenvalue weighted by Crippen LogP contribution is 2.31. The van der Waals surface area contributed by atoms with Gasteiger partial charge in [-0.25, -0.2) is 19.7 Å². The van der Waals surface area contributed by atoms with Gasteiger partial charge >= 0.3 is 5.97 Å². The van der Waals surface area contributed by atoms with Gasteiger partial charge in [-0.3, -0.25) is 0 Å². The number of hydrogen-bond acceptors (Lipinski definition) is 9. The summed E-state index contributed by atoms with van der Waals surface area (Å²) in [7, 11) is 1.33. The quantitative estimate of drug-likeness (QED) is 0.585. The van der Waals surface area contributed by atoms with Gasteiger partial charge in [-0.2, -0.15) is 0 Å². The molecular weight excluding hydrogens is 352 g/mol. The van der Waals surface area contributed by atoms with Gasteiger partial charge in [0.15, 0.2) is 16.8 Å². The number of benzene rings is 1. The van der Waals surface area contributed by atoms with E-state index in [9.17, 15) is 4.79 Å². The second kappa shape index (κ2) is 7.36. The lowest BCUT2D eigenvalue weighted by atomic mass is 10.2. The summed E-state index contributed by atoms with van der Waals surface area (Å²) in [4.78, 5) is 25.8. The monoisotopic (exact) mass is 370 g/mol.